The van der Waals surface area contributed by atoms with E-state index in [1.807, 2.05) is 42.5 Å². The van der Waals surface area contributed by atoms with E-state index in [9.17, 15) is 4.79 Å². The summed E-state index contributed by atoms with van der Waals surface area (Å²) >= 11 is 11.8. The number of nitrogens with zero attached hydrogens (tertiary/aromatic N) is 1. The van der Waals surface area contributed by atoms with E-state index in [0.717, 1.165) is 11.1 Å². The van der Waals surface area contributed by atoms with Crippen LogP contribution in [0.25, 0.3) is 0 Å². The average Bonchev–Trinajstić information content (AvgIpc) is 2.70. The monoisotopic (exact) mass is 399 g/mol. The molecule has 27 heavy (non-hydrogen) atoms. The molecule has 3 aromatic rings. The van der Waals surface area contributed by atoms with Gasteiger partial charge < -0.3 is 9.57 Å². The Morgan fingerprint density at radius 2 is 1.33 bits per heavy atom. The number of benzene rings is 3. The lowest BCUT2D eigenvalue weighted by Crippen LogP contribution is -2.14. The number of hydrogen-bond donors (Lipinski definition) is 0. The normalized spacial score (nSPS) is 11.1. The van der Waals surface area contributed by atoms with Gasteiger partial charge in [0.25, 0.3) is 0 Å². The van der Waals surface area contributed by atoms with Gasteiger partial charge in [0, 0.05) is 21.2 Å². The second-order valence-corrected chi connectivity index (χ2v) is 6.39. The SMILES string of the molecule is O=C(COc1ccc(Cl)cc1)ON=C(c1ccccc1)c1ccc(Cl)cc1. The van der Waals surface area contributed by atoms with E-state index in [0.29, 0.717) is 21.5 Å². The maximum atomic E-state index is 12.0. The molecule has 0 aliphatic heterocycles. The Labute approximate surface area is 166 Å². The van der Waals surface area contributed by atoms with E-state index >= 15 is 0 Å². The third-order valence-corrected chi connectivity index (χ3v) is 4.08. The van der Waals surface area contributed by atoms with Crippen molar-refractivity contribution in [2.75, 3.05) is 6.61 Å². The molecule has 0 atom stereocenters. The van der Waals surface area contributed by atoms with Crippen LogP contribution in [-0.4, -0.2) is 18.3 Å². The van der Waals surface area contributed by atoms with Gasteiger partial charge in [-0.3, -0.25) is 0 Å². The molecule has 6 heteroatoms. The zero-order valence-electron chi connectivity index (χ0n) is 14.1. The molecule has 3 rings (SSSR count). The summed E-state index contributed by atoms with van der Waals surface area (Å²) in [6.45, 7) is -0.270. The van der Waals surface area contributed by atoms with Crippen molar-refractivity contribution in [3.63, 3.8) is 0 Å². The molecule has 0 saturated heterocycles. The Kier molecular flexibility index (Phi) is 6.47. The van der Waals surface area contributed by atoms with Gasteiger partial charge in [0.2, 0.25) is 0 Å². The highest BCUT2D eigenvalue weighted by atomic mass is 35.5. The van der Waals surface area contributed by atoms with Gasteiger partial charge >= 0.3 is 5.97 Å². The van der Waals surface area contributed by atoms with Crippen LogP contribution in [-0.2, 0) is 9.63 Å². The number of hydrogen-bond acceptors (Lipinski definition) is 4. The summed E-state index contributed by atoms with van der Waals surface area (Å²) in [5, 5.41) is 5.24. The van der Waals surface area contributed by atoms with Gasteiger partial charge in [0.15, 0.2) is 6.61 Å². The molecular formula is C21H15Cl2NO3. The van der Waals surface area contributed by atoms with Crippen LogP contribution in [0, 0.1) is 0 Å². The Morgan fingerprint density at radius 3 is 1.96 bits per heavy atom. The van der Waals surface area contributed by atoms with E-state index in [1.165, 1.54) is 0 Å². The van der Waals surface area contributed by atoms with Gasteiger partial charge in [-0.05, 0) is 36.4 Å². The summed E-state index contributed by atoms with van der Waals surface area (Å²) in [7, 11) is 0. The molecule has 0 fully saturated rings. The van der Waals surface area contributed by atoms with Crippen LogP contribution in [0.1, 0.15) is 11.1 Å². The molecule has 136 valence electrons. The molecule has 0 unspecified atom stereocenters. The zero-order chi connectivity index (χ0) is 19.1. The molecule has 0 bridgehead atoms. The number of rotatable bonds is 6. The molecule has 0 heterocycles. The van der Waals surface area contributed by atoms with Gasteiger partial charge in [-0.25, -0.2) is 4.79 Å². The van der Waals surface area contributed by atoms with Crippen LogP contribution in [0.4, 0.5) is 0 Å². The highest BCUT2D eigenvalue weighted by Crippen LogP contribution is 2.16. The highest BCUT2D eigenvalue weighted by Gasteiger charge is 2.10. The van der Waals surface area contributed by atoms with Crippen LogP contribution in [0.15, 0.2) is 84.0 Å². The van der Waals surface area contributed by atoms with Crippen LogP contribution < -0.4 is 4.74 Å². The predicted molar refractivity (Wildman–Crippen MR) is 107 cm³/mol. The molecule has 0 aliphatic carbocycles. The fourth-order valence-corrected chi connectivity index (χ4v) is 2.52. The second kappa shape index (κ2) is 9.21. The van der Waals surface area contributed by atoms with Gasteiger partial charge in [-0.15, -0.1) is 0 Å². The van der Waals surface area contributed by atoms with Gasteiger partial charge in [0.1, 0.15) is 11.5 Å². The number of oxime groups is 1. The van der Waals surface area contributed by atoms with Gasteiger partial charge in [-0.2, -0.15) is 0 Å². The standard InChI is InChI=1S/C21H15Cl2NO3/c22-17-8-6-16(7-9-17)21(15-4-2-1-3-5-15)24-27-20(25)14-26-19-12-10-18(23)11-13-19/h1-13H,14H2. The van der Waals surface area contributed by atoms with E-state index in [2.05, 4.69) is 5.16 Å². The van der Waals surface area contributed by atoms with Crippen molar-refractivity contribution in [2.24, 2.45) is 5.16 Å². The Hall–Kier alpha value is -2.82. The molecule has 0 amide bonds. The van der Waals surface area contributed by atoms with Crippen molar-refractivity contribution in [1.82, 2.24) is 0 Å². The fourth-order valence-electron chi connectivity index (χ4n) is 2.27. The number of halogens is 2. The zero-order valence-corrected chi connectivity index (χ0v) is 15.7. The molecule has 0 aliphatic rings. The fraction of sp³-hybridized carbons (Fsp3) is 0.0476. The minimum Gasteiger partial charge on any atom is -0.482 e. The first-order valence-electron chi connectivity index (χ1n) is 8.09. The summed E-state index contributed by atoms with van der Waals surface area (Å²) in [4.78, 5) is 17.1. The molecule has 4 nitrogen and oxygen atoms in total. The second-order valence-electron chi connectivity index (χ2n) is 5.52. The Bertz CT molecular complexity index is 924. The minimum atomic E-state index is -0.618. The summed E-state index contributed by atoms with van der Waals surface area (Å²) in [6, 6.07) is 23.2. The van der Waals surface area contributed by atoms with Gasteiger partial charge in [0.05, 0.1) is 0 Å². The van der Waals surface area contributed by atoms with Crippen LogP contribution >= 0.6 is 23.2 Å². The lowest BCUT2D eigenvalue weighted by atomic mass is 10.0. The largest absolute Gasteiger partial charge is 0.482 e. The lowest BCUT2D eigenvalue weighted by Gasteiger charge is -2.08. The lowest BCUT2D eigenvalue weighted by molar-refractivity contribution is -0.146. The van der Waals surface area contributed by atoms with E-state index in [1.54, 1.807) is 36.4 Å². The summed E-state index contributed by atoms with van der Waals surface area (Å²) in [5.41, 5.74) is 2.11. The smallest absolute Gasteiger partial charge is 0.372 e. The summed E-state index contributed by atoms with van der Waals surface area (Å²) in [5.74, 6) is -0.103. The topological polar surface area (TPSA) is 47.9 Å². The number of carbonyl (C=O) groups excluding carboxylic acids is 1. The van der Waals surface area contributed by atoms with E-state index in [-0.39, 0.29) is 6.61 Å². The van der Waals surface area contributed by atoms with Crippen molar-refractivity contribution in [1.29, 1.82) is 0 Å². The van der Waals surface area contributed by atoms with Crippen molar-refractivity contribution in [2.45, 2.75) is 0 Å². The summed E-state index contributed by atoms with van der Waals surface area (Å²) in [6.07, 6.45) is 0. The maximum absolute atomic E-state index is 12.0. The van der Waals surface area contributed by atoms with Gasteiger partial charge in [-0.1, -0.05) is 70.8 Å². The van der Waals surface area contributed by atoms with Crippen LogP contribution in [0.2, 0.25) is 10.0 Å². The molecule has 0 radical (unpaired) electrons. The molecule has 0 spiro atoms. The van der Waals surface area contributed by atoms with Crippen LogP contribution in [0.5, 0.6) is 5.75 Å². The minimum absolute atomic E-state index is 0.270. The highest BCUT2D eigenvalue weighted by molar-refractivity contribution is 6.31. The predicted octanol–water partition coefficient (Wildman–Crippen LogP) is 5.37. The molecule has 0 aromatic heterocycles. The van der Waals surface area contributed by atoms with E-state index < -0.39 is 5.97 Å². The molecule has 0 saturated carbocycles. The average molecular weight is 400 g/mol. The van der Waals surface area contributed by atoms with Crippen molar-refractivity contribution in [3.8, 4) is 5.75 Å². The molecule has 3 aromatic carbocycles. The van der Waals surface area contributed by atoms with Crippen molar-refractivity contribution < 1.29 is 14.4 Å². The first-order chi connectivity index (χ1) is 13.1. The van der Waals surface area contributed by atoms with Crippen molar-refractivity contribution in [3.05, 3.63) is 100 Å². The number of ether oxygens (including phenoxy) is 1. The van der Waals surface area contributed by atoms with E-state index in [4.69, 9.17) is 32.8 Å². The third-order valence-electron chi connectivity index (χ3n) is 3.57. The third kappa shape index (κ3) is 5.58. The maximum Gasteiger partial charge on any atom is 0.372 e. The quantitative estimate of drug-likeness (QED) is 0.318. The number of carbonyl (C=O) groups is 1. The van der Waals surface area contributed by atoms with Crippen LogP contribution in [0.3, 0.4) is 0 Å². The van der Waals surface area contributed by atoms with Crippen molar-refractivity contribution >= 4 is 34.9 Å². The Balaban J connectivity index is 1.72. The summed E-state index contributed by atoms with van der Waals surface area (Å²) < 4.78 is 5.36. The first kappa shape index (κ1) is 19.0. The Morgan fingerprint density at radius 1 is 0.778 bits per heavy atom. The first-order valence-corrected chi connectivity index (χ1v) is 8.85. The molecule has 0 N–H and O–H groups in total. The molecular weight excluding hydrogens is 385 g/mol.